The second-order valence-electron chi connectivity index (χ2n) is 10.1. The number of amides is 3. The lowest BCUT2D eigenvalue weighted by Crippen LogP contribution is -2.56. The van der Waals surface area contributed by atoms with Crippen molar-refractivity contribution in [2.45, 2.75) is 38.3 Å². The first-order valence-corrected chi connectivity index (χ1v) is 12.5. The van der Waals surface area contributed by atoms with Crippen molar-refractivity contribution < 1.29 is 14.3 Å². The standard InChI is InChI=1S/C28H38N4O3/c1-22-6-5-7-24(20-22)21-30-16-13-28(14-17-30)26(33)31(19-18-29(2)3)27(34)32(28)15-12-23-8-10-25(35-4)11-9-23/h5-11,20H,12-19,21H2,1-4H3. The number of benzene rings is 2. The molecule has 0 atom stereocenters. The van der Waals surface area contributed by atoms with Crippen LogP contribution in [0.15, 0.2) is 48.5 Å². The Morgan fingerprint density at radius 3 is 2.31 bits per heavy atom. The third kappa shape index (κ3) is 5.52. The lowest BCUT2D eigenvalue weighted by atomic mass is 9.85. The first kappa shape index (κ1) is 25.2. The zero-order chi connectivity index (χ0) is 25.0. The average molecular weight is 479 g/mol. The predicted octanol–water partition coefficient (Wildman–Crippen LogP) is 3.41. The van der Waals surface area contributed by atoms with Crippen LogP contribution in [0.4, 0.5) is 4.79 Å². The summed E-state index contributed by atoms with van der Waals surface area (Å²) in [5, 5.41) is 0. The fraction of sp³-hybridized carbons (Fsp3) is 0.500. The van der Waals surface area contributed by atoms with Gasteiger partial charge in [-0.2, -0.15) is 0 Å². The van der Waals surface area contributed by atoms with E-state index in [2.05, 4.69) is 36.1 Å². The Kier molecular flexibility index (Phi) is 7.77. The normalized spacial score (nSPS) is 18.2. The topological polar surface area (TPSA) is 56.3 Å². The molecule has 2 heterocycles. The summed E-state index contributed by atoms with van der Waals surface area (Å²) in [4.78, 5) is 35.0. The number of aryl methyl sites for hydroxylation is 1. The van der Waals surface area contributed by atoms with Crippen molar-refractivity contribution in [1.29, 1.82) is 0 Å². The maximum Gasteiger partial charge on any atom is 0.327 e. The van der Waals surface area contributed by atoms with Gasteiger partial charge in [-0.3, -0.25) is 14.6 Å². The van der Waals surface area contributed by atoms with E-state index in [1.807, 2.05) is 48.2 Å². The molecule has 0 unspecified atom stereocenters. The molecule has 2 aliphatic rings. The molecule has 1 spiro atoms. The van der Waals surface area contributed by atoms with Crippen LogP contribution in [-0.4, -0.2) is 91.0 Å². The number of ether oxygens (including phenoxy) is 1. The van der Waals surface area contributed by atoms with Gasteiger partial charge in [0, 0.05) is 39.3 Å². The summed E-state index contributed by atoms with van der Waals surface area (Å²) >= 11 is 0. The van der Waals surface area contributed by atoms with E-state index in [9.17, 15) is 9.59 Å². The first-order valence-electron chi connectivity index (χ1n) is 12.5. The SMILES string of the molecule is COc1ccc(CCN2C(=O)N(CCN(C)C)C(=O)C23CCN(Cc2cccc(C)c2)CC3)cc1. The molecule has 0 aliphatic carbocycles. The van der Waals surface area contributed by atoms with Crippen LogP contribution in [0.1, 0.15) is 29.5 Å². The molecule has 4 rings (SSSR count). The van der Waals surface area contributed by atoms with Gasteiger partial charge >= 0.3 is 6.03 Å². The Hall–Kier alpha value is -2.90. The number of carbonyl (C=O) groups excluding carboxylic acids is 2. The van der Waals surface area contributed by atoms with Gasteiger partial charge in [-0.25, -0.2) is 4.79 Å². The summed E-state index contributed by atoms with van der Waals surface area (Å²) in [7, 11) is 5.58. The maximum absolute atomic E-state index is 13.7. The summed E-state index contributed by atoms with van der Waals surface area (Å²) in [6.07, 6.45) is 2.05. The van der Waals surface area contributed by atoms with Crippen LogP contribution in [0.3, 0.4) is 0 Å². The van der Waals surface area contributed by atoms with Crippen molar-refractivity contribution in [3.63, 3.8) is 0 Å². The molecular formula is C28H38N4O3. The smallest absolute Gasteiger partial charge is 0.327 e. The number of methoxy groups -OCH3 is 1. The van der Waals surface area contributed by atoms with Gasteiger partial charge in [0.15, 0.2) is 0 Å². The van der Waals surface area contributed by atoms with E-state index in [1.54, 1.807) is 7.11 Å². The van der Waals surface area contributed by atoms with Gasteiger partial charge in [-0.05, 0) is 63.5 Å². The second-order valence-corrected chi connectivity index (χ2v) is 10.1. The van der Waals surface area contributed by atoms with Crippen LogP contribution in [0.2, 0.25) is 0 Å². The zero-order valence-corrected chi connectivity index (χ0v) is 21.5. The highest BCUT2D eigenvalue weighted by Crippen LogP contribution is 2.38. The number of imide groups is 1. The number of likely N-dealkylation sites (N-methyl/N-ethyl adjacent to an activating group) is 1. The number of carbonyl (C=O) groups is 2. The number of rotatable bonds is 9. The van der Waals surface area contributed by atoms with Crippen LogP contribution in [0, 0.1) is 6.92 Å². The molecule has 0 radical (unpaired) electrons. The molecule has 35 heavy (non-hydrogen) atoms. The molecule has 188 valence electrons. The molecule has 0 N–H and O–H groups in total. The summed E-state index contributed by atoms with van der Waals surface area (Å²) in [6.45, 7) is 6.21. The van der Waals surface area contributed by atoms with Crippen LogP contribution in [-0.2, 0) is 17.8 Å². The number of urea groups is 1. The van der Waals surface area contributed by atoms with Crippen molar-refractivity contribution in [3.8, 4) is 5.75 Å². The largest absolute Gasteiger partial charge is 0.497 e. The van der Waals surface area contributed by atoms with E-state index in [0.717, 1.165) is 30.9 Å². The Balaban J connectivity index is 1.49. The number of likely N-dealkylation sites (tertiary alicyclic amines) is 1. The summed E-state index contributed by atoms with van der Waals surface area (Å²) in [5.74, 6) is 0.794. The minimum atomic E-state index is -0.737. The van der Waals surface area contributed by atoms with Gasteiger partial charge in [0.2, 0.25) is 0 Å². The van der Waals surface area contributed by atoms with E-state index < -0.39 is 5.54 Å². The Labute approximate surface area is 209 Å². The molecule has 7 heteroatoms. The summed E-state index contributed by atoms with van der Waals surface area (Å²) < 4.78 is 5.26. The van der Waals surface area contributed by atoms with E-state index in [-0.39, 0.29) is 11.9 Å². The van der Waals surface area contributed by atoms with Crippen molar-refractivity contribution in [2.75, 3.05) is 53.9 Å². The second kappa shape index (κ2) is 10.8. The number of hydrogen-bond donors (Lipinski definition) is 0. The molecule has 2 aromatic rings. The lowest BCUT2D eigenvalue weighted by molar-refractivity contribution is -0.135. The number of nitrogens with zero attached hydrogens (tertiary/aromatic N) is 4. The predicted molar refractivity (Wildman–Crippen MR) is 137 cm³/mol. The van der Waals surface area contributed by atoms with Crippen LogP contribution in [0.5, 0.6) is 5.75 Å². The zero-order valence-electron chi connectivity index (χ0n) is 21.5. The highest BCUT2D eigenvalue weighted by molar-refractivity contribution is 6.07. The first-order chi connectivity index (χ1) is 16.8. The van der Waals surface area contributed by atoms with Crippen molar-refractivity contribution >= 4 is 11.9 Å². The van der Waals surface area contributed by atoms with E-state index in [0.29, 0.717) is 38.9 Å². The van der Waals surface area contributed by atoms with E-state index in [1.165, 1.54) is 16.0 Å². The van der Waals surface area contributed by atoms with Gasteiger partial charge in [0.05, 0.1) is 7.11 Å². The highest BCUT2D eigenvalue weighted by Gasteiger charge is 2.57. The number of hydrogen-bond acceptors (Lipinski definition) is 5. The lowest BCUT2D eigenvalue weighted by Gasteiger charge is -2.42. The fourth-order valence-corrected chi connectivity index (χ4v) is 5.26. The molecule has 2 aromatic carbocycles. The van der Waals surface area contributed by atoms with Crippen LogP contribution < -0.4 is 4.74 Å². The fourth-order valence-electron chi connectivity index (χ4n) is 5.26. The average Bonchev–Trinajstić information content (AvgIpc) is 3.03. The van der Waals surface area contributed by atoms with Crippen LogP contribution >= 0.6 is 0 Å². The third-order valence-electron chi connectivity index (χ3n) is 7.35. The summed E-state index contributed by atoms with van der Waals surface area (Å²) in [5.41, 5.74) is 2.94. The van der Waals surface area contributed by atoms with E-state index in [4.69, 9.17) is 4.74 Å². The van der Waals surface area contributed by atoms with Gasteiger partial charge < -0.3 is 14.5 Å². The Morgan fingerprint density at radius 1 is 0.971 bits per heavy atom. The molecule has 0 aromatic heterocycles. The molecule has 2 saturated heterocycles. The Morgan fingerprint density at radius 2 is 1.69 bits per heavy atom. The van der Waals surface area contributed by atoms with Gasteiger partial charge in [0.25, 0.3) is 5.91 Å². The van der Waals surface area contributed by atoms with Gasteiger partial charge in [0.1, 0.15) is 11.3 Å². The molecular weight excluding hydrogens is 440 g/mol. The molecule has 0 bridgehead atoms. The maximum atomic E-state index is 13.7. The number of piperidine rings is 1. The highest BCUT2D eigenvalue weighted by atomic mass is 16.5. The quantitative estimate of drug-likeness (QED) is 0.517. The molecule has 0 saturated carbocycles. The third-order valence-corrected chi connectivity index (χ3v) is 7.35. The molecule has 2 fully saturated rings. The minimum absolute atomic E-state index is 0.0192. The van der Waals surface area contributed by atoms with Crippen molar-refractivity contribution in [1.82, 2.24) is 19.6 Å². The van der Waals surface area contributed by atoms with Gasteiger partial charge in [-0.15, -0.1) is 0 Å². The summed E-state index contributed by atoms with van der Waals surface area (Å²) in [6, 6.07) is 16.4. The van der Waals surface area contributed by atoms with Gasteiger partial charge in [-0.1, -0.05) is 42.0 Å². The molecule has 7 nitrogen and oxygen atoms in total. The van der Waals surface area contributed by atoms with Crippen molar-refractivity contribution in [3.05, 3.63) is 65.2 Å². The Bertz CT molecular complexity index is 1030. The van der Waals surface area contributed by atoms with E-state index >= 15 is 0 Å². The minimum Gasteiger partial charge on any atom is -0.497 e. The monoisotopic (exact) mass is 478 g/mol. The molecule has 2 aliphatic heterocycles. The molecule has 3 amide bonds. The van der Waals surface area contributed by atoms with Crippen LogP contribution in [0.25, 0.3) is 0 Å². The van der Waals surface area contributed by atoms with Crippen molar-refractivity contribution in [2.24, 2.45) is 0 Å².